The zero-order valence-electron chi connectivity index (χ0n) is 37.3. The number of para-hydroxylation sites is 1. The van der Waals surface area contributed by atoms with Crippen LogP contribution < -0.4 is 31.5 Å². The van der Waals surface area contributed by atoms with Crippen LogP contribution in [0.5, 0.6) is 11.6 Å². The molecule has 2 aromatic heterocycles. The van der Waals surface area contributed by atoms with E-state index in [1.54, 1.807) is 29.9 Å². The van der Waals surface area contributed by atoms with E-state index in [2.05, 4.69) is 44.6 Å². The number of carbonyl (C=O) groups is 4. The second-order valence-electron chi connectivity index (χ2n) is 17.7. The number of primary amides is 1. The van der Waals surface area contributed by atoms with Gasteiger partial charge in [0.25, 0.3) is 11.8 Å². The first-order chi connectivity index (χ1) is 31.4. The molecule has 0 radical (unpaired) electrons. The summed E-state index contributed by atoms with van der Waals surface area (Å²) < 4.78 is 35.5. The summed E-state index contributed by atoms with van der Waals surface area (Å²) in [5, 5.41) is 6.26. The van der Waals surface area contributed by atoms with Gasteiger partial charge in [-0.25, -0.2) is 14.2 Å². The number of methoxy groups -OCH3 is 1. The average Bonchev–Trinajstić information content (AvgIpc) is 3.74. The number of ether oxygens (including phenoxy) is 3. The highest BCUT2D eigenvalue weighted by molar-refractivity contribution is 6.03. The fraction of sp³-hybridized carbons (Fsp3) is 0.510. The predicted molar refractivity (Wildman–Crippen MR) is 242 cm³/mol. The van der Waals surface area contributed by atoms with Crippen molar-refractivity contribution in [3.8, 4) is 23.5 Å². The van der Waals surface area contributed by atoms with Crippen molar-refractivity contribution >= 4 is 45.4 Å². The van der Waals surface area contributed by atoms with Crippen LogP contribution in [-0.2, 0) is 32.6 Å². The van der Waals surface area contributed by atoms with Gasteiger partial charge in [-0.3, -0.25) is 33.6 Å². The Balaban J connectivity index is 0.807. The number of rotatable bonds is 14. The molecule has 3 saturated heterocycles. The van der Waals surface area contributed by atoms with Crippen LogP contribution in [0.25, 0.3) is 21.8 Å². The topological polar surface area (TPSA) is 189 Å². The van der Waals surface area contributed by atoms with Crippen molar-refractivity contribution in [2.75, 3.05) is 33.4 Å². The first-order valence-electron chi connectivity index (χ1n) is 22.9. The molecule has 344 valence electrons. The maximum atomic E-state index is 14.4. The lowest BCUT2D eigenvalue weighted by molar-refractivity contribution is -0.135. The molecular weight excluding hydrogens is 834 g/mol. The van der Waals surface area contributed by atoms with Crippen LogP contribution in [0.4, 0.5) is 4.39 Å². The summed E-state index contributed by atoms with van der Waals surface area (Å²) in [7, 11) is 3.18. The smallest absolute Gasteiger partial charge is 0.329 e. The Morgan fingerprint density at radius 1 is 1.03 bits per heavy atom. The first kappa shape index (κ1) is 45.4. The number of imidazole rings is 1. The lowest BCUT2D eigenvalue weighted by Crippen LogP contribution is -2.44. The summed E-state index contributed by atoms with van der Waals surface area (Å²) in [5.41, 5.74) is 8.83. The molecule has 1 saturated carbocycles. The molecule has 16 heteroatoms. The molecule has 0 spiro atoms. The van der Waals surface area contributed by atoms with E-state index in [-0.39, 0.29) is 53.8 Å². The van der Waals surface area contributed by atoms with E-state index in [1.807, 2.05) is 25.1 Å². The molecule has 0 bridgehead atoms. The van der Waals surface area contributed by atoms with E-state index in [0.29, 0.717) is 47.2 Å². The minimum Gasteiger partial charge on any atom is -0.496 e. The van der Waals surface area contributed by atoms with Crippen molar-refractivity contribution in [1.29, 1.82) is 0 Å². The number of nitrogens with two attached hydrogens (primary N) is 1. The number of alkyl halides is 1. The third-order valence-electron chi connectivity index (χ3n) is 13.7. The van der Waals surface area contributed by atoms with E-state index in [1.165, 1.54) is 11.7 Å². The average molecular weight is 892 g/mol. The number of piperidine rings is 2. The summed E-state index contributed by atoms with van der Waals surface area (Å²) in [5.74, 6) is 5.47. The second kappa shape index (κ2) is 19.9. The van der Waals surface area contributed by atoms with Gasteiger partial charge in [-0.05, 0) is 100 Å². The number of hydrogen-bond donors (Lipinski definition) is 3. The van der Waals surface area contributed by atoms with E-state index in [0.717, 1.165) is 75.5 Å². The number of carbonyl (C=O) groups excluding carboxylic acids is 4. The maximum absolute atomic E-state index is 14.4. The van der Waals surface area contributed by atoms with Crippen molar-refractivity contribution in [2.45, 2.75) is 102 Å². The number of benzene rings is 2. The molecule has 4 amide bonds. The van der Waals surface area contributed by atoms with Crippen LogP contribution in [0.2, 0.25) is 0 Å². The van der Waals surface area contributed by atoms with Crippen LogP contribution in [-0.4, -0.2) is 94.4 Å². The van der Waals surface area contributed by atoms with Gasteiger partial charge in [-0.15, -0.1) is 0 Å². The number of allylic oxidation sites excluding steroid dienone is 1. The Labute approximate surface area is 377 Å². The number of aryl methyl sites for hydroxylation is 2. The molecule has 1 aliphatic carbocycles. The first-order valence-corrected chi connectivity index (χ1v) is 22.9. The number of halogens is 1. The molecule has 4 aliphatic rings. The highest BCUT2D eigenvalue weighted by Gasteiger charge is 2.42. The Morgan fingerprint density at radius 2 is 1.82 bits per heavy atom. The fourth-order valence-electron chi connectivity index (χ4n) is 9.95. The summed E-state index contributed by atoms with van der Waals surface area (Å²) in [6, 6.07) is 7.90. The third-order valence-corrected chi connectivity index (χ3v) is 13.7. The van der Waals surface area contributed by atoms with E-state index in [4.69, 9.17) is 19.9 Å². The standard InChI is InChI=1S/C49H58FN7O8/c1-4-34-38(53-47(61)43(34)50)28-65-48-36-26-41(63-3)37(45(51)59)25-35(36)32(27-52-48)15-14-29-10-12-30(13-11-29)18-21-56-22-19-33(20-23-56)64-24-6-8-31-7-5-9-39-44(31)55(2)49(62)57(39)40-16-17-42(58)54-46(40)60/h5,7,9,18,21,25-27,29-30,33-34,38,40,43H,4,6,8,10-13,16-17,19-20,22-24,28H2,1-3H3,(H2,51,59)(H,53,61)(H,54,58,60)/b21-18+/t29?,30?,34-,38+,40?,43-/m0/s1. The minimum atomic E-state index is -1.58. The number of nitrogens with zero attached hydrogens (tertiary/aromatic N) is 4. The van der Waals surface area contributed by atoms with Gasteiger partial charge in [-0.1, -0.05) is 37.0 Å². The number of nitrogens with one attached hydrogen (secondary N) is 2. The molecule has 4 fully saturated rings. The summed E-state index contributed by atoms with van der Waals surface area (Å²) in [4.78, 5) is 69.0. The molecule has 4 aromatic rings. The van der Waals surface area contributed by atoms with Crippen LogP contribution >= 0.6 is 0 Å². The van der Waals surface area contributed by atoms with E-state index in [9.17, 15) is 28.4 Å². The Morgan fingerprint density at radius 3 is 2.54 bits per heavy atom. The monoisotopic (exact) mass is 891 g/mol. The number of imide groups is 1. The largest absolute Gasteiger partial charge is 0.496 e. The van der Waals surface area contributed by atoms with Crippen molar-refractivity contribution in [3.63, 3.8) is 0 Å². The molecule has 1 unspecified atom stereocenters. The van der Waals surface area contributed by atoms with Gasteiger partial charge in [0, 0.05) is 62.0 Å². The van der Waals surface area contributed by atoms with E-state index < -0.39 is 41.9 Å². The molecule has 15 nitrogen and oxygen atoms in total. The quantitative estimate of drug-likeness (QED) is 0.0883. The molecular formula is C49H58FN7O8. The molecule has 5 heterocycles. The molecule has 4 N–H and O–H groups in total. The van der Waals surface area contributed by atoms with Gasteiger partial charge in [0.1, 0.15) is 18.4 Å². The normalized spacial score (nSPS) is 24.0. The summed E-state index contributed by atoms with van der Waals surface area (Å²) in [6.07, 6.45) is 13.2. The molecule has 8 rings (SSSR count). The number of pyridine rings is 1. The number of fused-ring (bicyclic) bond motifs is 2. The summed E-state index contributed by atoms with van der Waals surface area (Å²) >= 11 is 0. The van der Waals surface area contributed by atoms with Crippen LogP contribution in [0, 0.1) is 29.6 Å². The number of likely N-dealkylation sites (tertiary alicyclic amines) is 1. The SMILES string of the molecule is CC[C@@H]1[C@H](F)C(=O)N[C@@H]1COc1ncc(C#CC2CCC(/C=C/N3CCC(OCCCc4cccc5c4n(C)c(=O)n5C4CCC(=O)NC4=O)CC3)CC2)c2cc(C(N)=O)c(OC)cc12. The van der Waals surface area contributed by atoms with Gasteiger partial charge < -0.3 is 30.2 Å². The molecule has 2 aromatic carbocycles. The van der Waals surface area contributed by atoms with Gasteiger partial charge in [0.15, 0.2) is 6.17 Å². The highest BCUT2D eigenvalue weighted by atomic mass is 19.1. The fourth-order valence-corrected chi connectivity index (χ4v) is 9.95. The third kappa shape index (κ3) is 9.76. The van der Waals surface area contributed by atoms with E-state index >= 15 is 0 Å². The van der Waals surface area contributed by atoms with Gasteiger partial charge in [0.05, 0.1) is 41.4 Å². The van der Waals surface area contributed by atoms with Gasteiger partial charge >= 0.3 is 5.69 Å². The van der Waals surface area contributed by atoms with Crippen LogP contribution in [0.3, 0.4) is 0 Å². The number of aromatic nitrogens is 3. The summed E-state index contributed by atoms with van der Waals surface area (Å²) in [6.45, 7) is 4.35. The Hall–Kier alpha value is -6.21. The van der Waals surface area contributed by atoms with Gasteiger partial charge in [-0.2, -0.15) is 0 Å². The van der Waals surface area contributed by atoms with Crippen molar-refractivity contribution < 1.29 is 37.8 Å². The minimum absolute atomic E-state index is 0.0306. The molecule has 4 atom stereocenters. The maximum Gasteiger partial charge on any atom is 0.329 e. The lowest BCUT2D eigenvalue weighted by atomic mass is 9.82. The second-order valence-corrected chi connectivity index (χ2v) is 17.7. The van der Waals surface area contributed by atoms with Gasteiger partial charge in [0.2, 0.25) is 17.7 Å². The van der Waals surface area contributed by atoms with Crippen molar-refractivity contribution in [3.05, 3.63) is 76.0 Å². The van der Waals surface area contributed by atoms with Crippen LogP contribution in [0.1, 0.15) is 98.7 Å². The zero-order valence-corrected chi connectivity index (χ0v) is 37.3. The molecule has 65 heavy (non-hydrogen) atoms. The molecule has 3 aliphatic heterocycles. The lowest BCUT2D eigenvalue weighted by Gasteiger charge is -2.32. The van der Waals surface area contributed by atoms with Crippen molar-refractivity contribution in [1.82, 2.24) is 29.7 Å². The Kier molecular flexibility index (Phi) is 13.9. The predicted octanol–water partition coefficient (Wildman–Crippen LogP) is 5.00. The highest BCUT2D eigenvalue weighted by Crippen LogP contribution is 2.35. The number of hydrogen-bond acceptors (Lipinski definition) is 10. The number of amides is 4. The van der Waals surface area contributed by atoms with Crippen molar-refractivity contribution in [2.24, 2.45) is 30.5 Å². The Bertz CT molecular complexity index is 2610. The van der Waals surface area contributed by atoms with Crippen LogP contribution in [0.15, 0.2) is 53.6 Å². The zero-order chi connectivity index (χ0) is 45.8.